The largest absolute Gasteiger partial charge is 0.487 e. The van der Waals surface area contributed by atoms with E-state index in [0.29, 0.717) is 35.7 Å². The van der Waals surface area contributed by atoms with Gasteiger partial charge in [0.25, 0.3) is 5.91 Å². The molecule has 4 aromatic rings. The number of nitrogens with zero attached hydrogens (tertiary/aromatic N) is 5. The first-order chi connectivity index (χ1) is 19.1. The minimum absolute atomic E-state index is 0.0132. The van der Waals surface area contributed by atoms with Crippen molar-refractivity contribution in [3.05, 3.63) is 54.1 Å². The second-order valence-electron chi connectivity index (χ2n) is 10.6. The lowest BCUT2D eigenvalue weighted by Crippen LogP contribution is -2.22. The Balaban J connectivity index is 1.54. The van der Waals surface area contributed by atoms with Crippen molar-refractivity contribution in [3.8, 4) is 22.8 Å². The zero-order valence-corrected chi connectivity index (χ0v) is 23.3. The molecule has 1 atom stereocenters. The quantitative estimate of drug-likeness (QED) is 0.204. The number of carbonyl (C=O) groups is 1. The zero-order chi connectivity index (χ0) is 28.4. The molecule has 1 aliphatic rings. The summed E-state index contributed by atoms with van der Waals surface area (Å²) in [5.41, 5.74) is 1.95. The molecule has 0 fully saturated rings. The van der Waals surface area contributed by atoms with Crippen molar-refractivity contribution in [2.45, 2.75) is 51.6 Å². The summed E-state index contributed by atoms with van der Waals surface area (Å²) in [6.07, 6.45) is 5.87. The summed E-state index contributed by atoms with van der Waals surface area (Å²) in [7, 11) is -1.36. The first kappa shape index (κ1) is 27.7. The molecule has 212 valence electrons. The van der Waals surface area contributed by atoms with Crippen molar-refractivity contribution >= 4 is 25.3 Å². The highest BCUT2D eigenvalue weighted by atomic mass is 28.3. The van der Waals surface area contributed by atoms with Crippen LogP contribution in [0.4, 0.5) is 14.5 Å². The van der Waals surface area contributed by atoms with Crippen LogP contribution >= 0.6 is 0 Å². The van der Waals surface area contributed by atoms with Crippen LogP contribution in [0.2, 0.25) is 25.7 Å². The van der Waals surface area contributed by atoms with Gasteiger partial charge in [0.2, 0.25) is 0 Å². The Kier molecular flexibility index (Phi) is 7.83. The van der Waals surface area contributed by atoms with Crippen LogP contribution in [0.15, 0.2) is 43.0 Å². The van der Waals surface area contributed by atoms with Crippen LogP contribution in [-0.4, -0.2) is 69.4 Å². The second kappa shape index (κ2) is 11.3. The van der Waals surface area contributed by atoms with Gasteiger partial charge < -0.3 is 24.6 Å². The van der Waals surface area contributed by atoms with Gasteiger partial charge in [-0.05, 0) is 24.2 Å². The molecule has 5 rings (SSSR count). The number of alkyl halides is 2. The lowest BCUT2D eigenvalue weighted by Gasteiger charge is -2.18. The Morgan fingerprint density at radius 3 is 2.85 bits per heavy atom. The SMILES string of the molecule is C[Si](C)(C)CCOCn1ncc(NC(=O)c2cnn3cccnc23)c1-c1cc2c(cc1OC(F)F)CC(CO)O2. The fourth-order valence-corrected chi connectivity index (χ4v) is 5.14. The molecule has 0 spiro atoms. The molecule has 4 heterocycles. The number of anilines is 1. The first-order valence-electron chi connectivity index (χ1n) is 12.8. The van der Waals surface area contributed by atoms with E-state index in [1.807, 2.05) is 0 Å². The van der Waals surface area contributed by atoms with Gasteiger partial charge in [0.1, 0.15) is 29.9 Å². The van der Waals surface area contributed by atoms with Crippen molar-refractivity contribution in [2.24, 2.45) is 0 Å². The van der Waals surface area contributed by atoms with Crippen molar-refractivity contribution < 1.29 is 32.9 Å². The summed E-state index contributed by atoms with van der Waals surface area (Å²) in [4.78, 5) is 17.5. The zero-order valence-electron chi connectivity index (χ0n) is 22.3. The van der Waals surface area contributed by atoms with Crippen LogP contribution in [-0.2, 0) is 17.9 Å². The third kappa shape index (κ3) is 5.98. The molecule has 0 aliphatic carbocycles. The third-order valence-electron chi connectivity index (χ3n) is 6.40. The molecule has 0 saturated heterocycles. The third-order valence-corrected chi connectivity index (χ3v) is 8.10. The number of aromatic nitrogens is 5. The first-order valence-corrected chi connectivity index (χ1v) is 16.5. The minimum Gasteiger partial charge on any atom is -0.487 e. The summed E-state index contributed by atoms with van der Waals surface area (Å²) in [5, 5.41) is 20.9. The Hall–Kier alpha value is -3.88. The number of aliphatic hydroxyl groups excluding tert-OH is 1. The molecule has 0 saturated carbocycles. The minimum atomic E-state index is -3.10. The summed E-state index contributed by atoms with van der Waals surface area (Å²) in [6, 6.07) is 5.64. The predicted octanol–water partition coefficient (Wildman–Crippen LogP) is 4.05. The van der Waals surface area contributed by atoms with Crippen molar-refractivity contribution in [2.75, 3.05) is 18.5 Å². The Labute approximate surface area is 229 Å². The summed E-state index contributed by atoms with van der Waals surface area (Å²) in [6.45, 7) is 3.88. The maximum Gasteiger partial charge on any atom is 0.387 e. The van der Waals surface area contributed by atoms with Gasteiger partial charge in [-0.1, -0.05) is 19.6 Å². The van der Waals surface area contributed by atoms with Crippen molar-refractivity contribution in [1.29, 1.82) is 0 Å². The number of halogens is 2. The molecule has 0 bridgehead atoms. The molecular weight excluding hydrogens is 542 g/mol. The number of rotatable bonds is 11. The van der Waals surface area contributed by atoms with Crippen molar-refractivity contribution in [1.82, 2.24) is 24.4 Å². The average molecular weight is 573 g/mol. The molecule has 3 aromatic heterocycles. The number of aliphatic hydroxyl groups is 1. The van der Waals surface area contributed by atoms with Crippen LogP contribution in [0.25, 0.3) is 16.9 Å². The number of amides is 1. The highest BCUT2D eigenvalue weighted by Gasteiger charge is 2.29. The molecule has 2 N–H and O–H groups in total. The van der Waals surface area contributed by atoms with E-state index in [4.69, 9.17) is 14.2 Å². The van der Waals surface area contributed by atoms with Crippen molar-refractivity contribution in [3.63, 3.8) is 0 Å². The molecule has 1 amide bonds. The standard InChI is InChI=1S/C26H30F2N6O5Si/c1-40(2,3)8-7-37-15-34-23(18-11-21-16(9-17(14-35)38-21)10-22(18)39-26(27)28)20(13-31-34)32-25(36)19-12-30-33-6-4-5-29-24(19)33/h4-6,10-13,17,26,35H,7-9,14-15H2,1-3H3,(H,32,36). The highest BCUT2D eigenvalue weighted by molar-refractivity contribution is 6.76. The van der Waals surface area contributed by atoms with Gasteiger partial charge in [0, 0.05) is 44.6 Å². The van der Waals surface area contributed by atoms with E-state index in [9.17, 15) is 18.7 Å². The molecule has 40 heavy (non-hydrogen) atoms. The van der Waals surface area contributed by atoms with Gasteiger partial charge in [-0.25, -0.2) is 14.2 Å². The number of hydrogen-bond acceptors (Lipinski definition) is 8. The highest BCUT2D eigenvalue weighted by Crippen LogP contribution is 2.43. The van der Waals surface area contributed by atoms with E-state index in [1.54, 1.807) is 24.5 Å². The summed E-state index contributed by atoms with van der Waals surface area (Å²) >= 11 is 0. The summed E-state index contributed by atoms with van der Waals surface area (Å²) in [5.74, 6) is -0.205. The maximum atomic E-state index is 13.5. The number of ether oxygens (including phenoxy) is 3. The Bertz CT molecular complexity index is 1520. The smallest absolute Gasteiger partial charge is 0.387 e. The number of benzene rings is 1. The van der Waals surface area contributed by atoms with E-state index in [1.165, 1.54) is 27.7 Å². The monoisotopic (exact) mass is 572 g/mol. The van der Waals surface area contributed by atoms with E-state index < -0.39 is 26.7 Å². The molecule has 1 unspecified atom stereocenters. The van der Waals surface area contributed by atoms with E-state index >= 15 is 0 Å². The van der Waals surface area contributed by atoms with Crippen LogP contribution in [0, 0.1) is 0 Å². The number of nitrogens with one attached hydrogen (secondary N) is 1. The fourth-order valence-electron chi connectivity index (χ4n) is 4.38. The van der Waals surface area contributed by atoms with E-state index in [2.05, 4.69) is 40.1 Å². The van der Waals surface area contributed by atoms with Gasteiger partial charge in [0.15, 0.2) is 5.65 Å². The van der Waals surface area contributed by atoms with Crippen LogP contribution in [0.1, 0.15) is 15.9 Å². The molecule has 11 nitrogen and oxygen atoms in total. The van der Waals surface area contributed by atoms with E-state index in [0.717, 1.165) is 6.04 Å². The van der Waals surface area contributed by atoms with Gasteiger partial charge in [-0.15, -0.1) is 0 Å². The van der Waals surface area contributed by atoms with Gasteiger partial charge in [0.05, 0.1) is 30.4 Å². The molecule has 1 aromatic carbocycles. The number of carbonyl (C=O) groups excluding carboxylic acids is 1. The predicted molar refractivity (Wildman–Crippen MR) is 145 cm³/mol. The molecule has 1 aliphatic heterocycles. The molecular formula is C26H30F2N6O5Si. The Morgan fingerprint density at radius 2 is 2.10 bits per heavy atom. The van der Waals surface area contributed by atoms with Gasteiger partial charge in [-0.3, -0.25) is 4.79 Å². The van der Waals surface area contributed by atoms with Gasteiger partial charge >= 0.3 is 6.61 Å². The summed E-state index contributed by atoms with van der Waals surface area (Å²) < 4.78 is 46.6. The Morgan fingerprint density at radius 1 is 1.27 bits per heavy atom. The number of hydrogen-bond donors (Lipinski definition) is 2. The lowest BCUT2D eigenvalue weighted by molar-refractivity contribution is -0.0495. The lowest BCUT2D eigenvalue weighted by atomic mass is 10.0. The van der Waals surface area contributed by atoms with Gasteiger partial charge in [-0.2, -0.15) is 19.0 Å². The number of fused-ring (bicyclic) bond motifs is 2. The fraction of sp³-hybridized carbons (Fsp3) is 0.385. The molecule has 0 radical (unpaired) electrons. The topological polar surface area (TPSA) is 125 Å². The average Bonchev–Trinajstić information content (AvgIpc) is 3.61. The maximum absolute atomic E-state index is 13.5. The van der Waals surface area contributed by atoms with Crippen LogP contribution < -0.4 is 14.8 Å². The van der Waals surface area contributed by atoms with Crippen LogP contribution in [0.5, 0.6) is 11.5 Å². The van der Waals surface area contributed by atoms with E-state index in [-0.39, 0.29) is 35.9 Å². The molecule has 14 heteroatoms. The normalized spacial score (nSPS) is 14.9. The van der Waals surface area contributed by atoms with Crippen LogP contribution in [0.3, 0.4) is 0 Å². The second-order valence-corrected chi connectivity index (χ2v) is 16.2.